The van der Waals surface area contributed by atoms with Gasteiger partial charge in [0.1, 0.15) is 0 Å². The molecule has 0 fully saturated rings. The van der Waals surface area contributed by atoms with Crippen LogP contribution < -0.4 is 5.32 Å². The first kappa shape index (κ1) is 7.06. The Kier molecular flexibility index (Phi) is 1.62. The summed E-state index contributed by atoms with van der Waals surface area (Å²) in [4.78, 5) is 10.9. The third-order valence-corrected chi connectivity index (χ3v) is 1.32. The van der Waals surface area contributed by atoms with Gasteiger partial charge in [0.2, 0.25) is 5.91 Å². The molecule has 0 atom stereocenters. The van der Waals surface area contributed by atoms with E-state index in [0.29, 0.717) is 0 Å². The average molecular weight is 137 g/mol. The fourth-order valence-corrected chi connectivity index (χ4v) is 0.840. The molecule has 0 aromatic heterocycles. The van der Waals surface area contributed by atoms with Crippen molar-refractivity contribution < 1.29 is 4.79 Å². The molecule has 0 aliphatic carbocycles. The normalized spacial score (nSPS) is 22.0. The van der Waals surface area contributed by atoms with Gasteiger partial charge in [-0.3, -0.25) is 4.79 Å². The Balaban J connectivity index is 2.79. The number of hydrogen-bond acceptors (Lipinski definition) is 1. The number of rotatable bonds is 0. The molecule has 2 nitrogen and oxygen atoms in total. The summed E-state index contributed by atoms with van der Waals surface area (Å²) in [6.45, 7) is 3.91. The maximum absolute atomic E-state index is 10.9. The molecule has 0 bridgehead atoms. The van der Waals surface area contributed by atoms with Crippen LogP contribution in [-0.4, -0.2) is 11.4 Å². The number of hydrogen-bond donors (Lipinski definition) is 1. The molecule has 0 radical (unpaired) electrons. The van der Waals surface area contributed by atoms with Gasteiger partial charge in [-0.1, -0.05) is 18.2 Å². The van der Waals surface area contributed by atoms with Crippen molar-refractivity contribution in [1.82, 2.24) is 5.32 Å². The van der Waals surface area contributed by atoms with Gasteiger partial charge in [0, 0.05) is 6.08 Å². The van der Waals surface area contributed by atoms with Crippen molar-refractivity contribution in [1.29, 1.82) is 0 Å². The van der Waals surface area contributed by atoms with Crippen molar-refractivity contribution in [2.75, 3.05) is 0 Å². The van der Waals surface area contributed by atoms with Gasteiger partial charge in [0.05, 0.1) is 5.54 Å². The van der Waals surface area contributed by atoms with Crippen LogP contribution in [0, 0.1) is 0 Å². The quantitative estimate of drug-likeness (QED) is 0.530. The topological polar surface area (TPSA) is 29.1 Å². The van der Waals surface area contributed by atoms with E-state index in [1.165, 1.54) is 6.08 Å². The molecule has 1 amide bonds. The summed E-state index contributed by atoms with van der Waals surface area (Å²) in [7, 11) is 0. The maximum Gasteiger partial charge on any atom is 0.244 e. The van der Waals surface area contributed by atoms with Gasteiger partial charge in [-0.2, -0.15) is 0 Å². The molecule has 0 aromatic rings. The molecule has 0 saturated carbocycles. The first-order chi connectivity index (χ1) is 4.60. The lowest BCUT2D eigenvalue weighted by Crippen LogP contribution is -2.40. The van der Waals surface area contributed by atoms with E-state index in [1.807, 2.05) is 26.0 Å². The number of allylic oxidation sites excluding steroid dienone is 2. The van der Waals surface area contributed by atoms with Crippen molar-refractivity contribution in [2.45, 2.75) is 19.4 Å². The Morgan fingerprint density at radius 1 is 1.40 bits per heavy atom. The molecule has 1 N–H and O–H groups in total. The first-order valence-corrected chi connectivity index (χ1v) is 3.28. The maximum atomic E-state index is 10.9. The summed E-state index contributed by atoms with van der Waals surface area (Å²) >= 11 is 0. The molecule has 2 heteroatoms. The molecule has 0 saturated heterocycles. The summed E-state index contributed by atoms with van der Waals surface area (Å²) in [5, 5.41) is 2.81. The number of amides is 1. The molecular weight excluding hydrogens is 126 g/mol. The Morgan fingerprint density at radius 3 is 2.80 bits per heavy atom. The van der Waals surface area contributed by atoms with Crippen molar-refractivity contribution in [3.63, 3.8) is 0 Å². The van der Waals surface area contributed by atoms with Gasteiger partial charge in [-0.15, -0.1) is 0 Å². The van der Waals surface area contributed by atoms with Crippen molar-refractivity contribution in [3.05, 3.63) is 24.3 Å². The second kappa shape index (κ2) is 2.29. The minimum atomic E-state index is -0.208. The fourth-order valence-electron chi connectivity index (χ4n) is 0.840. The van der Waals surface area contributed by atoms with Gasteiger partial charge in [0.25, 0.3) is 0 Å². The van der Waals surface area contributed by atoms with E-state index in [-0.39, 0.29) is 11.4 Å². The van der Waals surface area contributed by atoms with Gasteiger partial charge in [-0.05, 0) is 13.8 Å². The summed E-state index contributed by atoms with van der Waals surface area (Å²) in [5.74, 6) is -0.0324. The predicted molar refractivity (Wildman–Crippen MR) is 40.5 cm³/mol. The van der Waals surface area contributed by atoms with E-state index in [4.69, 9.17) is 0 Å². The van der Waals surface area contributed by atoms with Crippen LogP contribution in [0.4, 0.5) is 0 Å². The van der Waals surface area contributed by atoms with Gasteiger partial charge in [-0.25, -0.2) is 0 Å². The van der Waals surface area contributed by atoms with Crippen LogP contribution in [-0.2, 0) is 4.79 Å². The molecule has 10 heavy (non-hydrogen) atoms. The molecular formula is C8H11NO. The summed E-state index contributed by atoms with van der Waals surface area (Å²) in [6.07, 6.45) is 7.08. The molecule has 1 rings (SSSR count). The summed E-state index contributed by atoms with van der Waals surface area (Å²) in [5.41, 5.74) is -0.208. The van der Waals surface area contributed by atoms with E-state index in [9.17, 15) is 4.79 Å². The zero-order valence-corrected chi connectivity index (χ0v) is 6.22. The van der Waals surface area contributed by atoms with Crippen LogP contribution in [0.1, 0.15) is 13.8 Å². The fraction of sp³-hybridized carbons (Fsp3) is 0.375. The molecule has 0 aromatic carbocycles. The second-order valence-corrected chi connectivity index (χ2v) is 2.93. The Hall–Kier alpha value is -1.05. The lowest BCUT2D eigenvalue weighted by molar-refractivity contribution is -0.117. The van der Waals surface area contributed by atoms with Gasteiger partial charge < -0.3 is 5.32 Å². The molecule has 54 valence electrons. The van der Waals surface area contributed by atoms with Gasteiger partial charge >= 0.3 is 0 Å². The highest BCUT2D eigenvalue weighted by atomic mass is 16.1. The third-order valence-electron chi connectivity index (χ3n) is 1.32. The summed E-state index contributed by atoms with van der Waals surface area (Å²) in [6, 6.07) is 0. The lowest BCUT2D eigenvalue weighted by Gasteiger charge is -2.19. The van der Waals surface area contributed by atoms with Crippen LogP contribution in [0.5, 0.6) is 0 Å². The Labute approximate surface area is 60.6 Å². The summed E-state index contributed by atoms with van der Waals surface area (Å²) < 4.78 is 0. The van der Waals surface area contributed by atoms with E-state index in [2.05, 4.69) is 5.32 Å². The van der Waals surface area contributed by atoms with Crippen molar-refractivity contribution >= 4 is 5.91 Å². The predicted octanol–water partition coefficient (Wildman–Crippen LogP) is 1.01. The highest BCUT2D eigenvalue weighted by Crippen LogP contribution is 2.06. The molecule has 1 aliphatic heterocycles. The Morgan fingerprint density at radius 2 is 2.10 bits per heavy atom. The number of carbonyl (C=O) groups is 1. The minimum Gasteiger partial charge on any atom is -0.344 e. The zero-order valence-electron chi connectivity index (χ0n) is 6.22. The van der Waals surface area contributed by atoms with Crippen LogP contribution in [0.2, 0.25) is 0 Å². The molecule has 0 unspecified atom stereocenters. The minimum absolute atomic E-state index is 0.0324. The number of carbonyl (C=O) groups excluding carboxylic acids is 1. The highest BCUT2D eigenvalue weighted by Gasteiger charge is 2.15. The largest absolute Gasteiger partial charge is 0.344 e. The molecule has 1 heterocycles. The van der Waals surface area contributed by atoms with E-state index in [0.717, 1.165) is 0 Å². The van der Waals surface area contributed by atoms with Crippen molar-refractivity contribution in [3.8, 4) is 0 Å². The van der Waals surface area contributed by atoms with Crippen LogP contribution in [0.15, 0.2) is 24.3 Å². The monoisotopic (exact) mass is 137 g/mol. The van der Waals surface area contributed by atoms with E-state index in [1.54, 1.807) is 6.08 Å². The smallest absolute Gasteiger partial charge is 0.244 e. The van der Waals surface area contributed by atoms with Crippen LogP contribution >= 0.6 is 0 Å². The van der Waals surface area contributed by atoms with E-state index < -0.39 is 0 Å². The Bertz CT molecular complexity index is 201. The first-order valence-electron chi connectivity index (χ1n) is 3.28. The number of nitrogens with one attached hydrogen (secondary N) is 1. The SMILES string of the molecule is CC1(C)C=CC=CC(=O)N1. The van der Waals surface area contributed by atoms with Crippen LogP contribution in [0.3, 0.4) is 0 Å². The molecule has 0 spiro atoms. The van der Waals surface area contributed by atoms with Crippen LogP contribution in [0.25, 0.3) is 0 Å². The highest BCUT2D eigenvalue weighted by molar-refractivity contribution is 5.89. The average Bonchev–Trinajstić information content (AvgIpc) is 1.90. The van der Waals surface area contributed by atoms with E-state index >= 15 is 0 Å². The molecule has 1 aliphatic rings. The lowest BCUT2D eigenvalue weighted by atomic mass is 10.1. The second-order valence-electron chi connectivity index (χ2n) is 2.93. The standard InChI is InChI=1S/C8H11NO/c1-8(2)6-4-3-5-7(10)9-8/h3-6H,1-2H3,(H,9,10). The zero-order chi connectivity index (χ0) is 7.61. The third kappa shape index (κ3) is 1.72. The van der Waals surface area contributed by atoms with Gasteiger partial charge in [0.15, 0.2) is 0 Å². The van der Waals surface area contributed by atoms with Crippen molar-refractivity contribution in [2.24, 2.45) is 0 Å².